The topological polar surface area (TPSA) is 58.0 Å². The lowest BCUT2D eigenvalue weighted by Crippen LogP contribution is -1.99. The third-order valence-electron chi connectivity index (χ3n) is 1.46. The van der Waals surface area contributed by atoms with Gasteiger partial charge in [0.15, 0.2) is 5.75 Å². The van der Waals surface area contributed by atoms with Gasteiger partial charge >= 0.3 is 0 Å². The maximum absolute atomic E-state index is 9.27. The molecule has 0 saturated carbocycles. The first kappa shape index (κ1) is 7.78. The molecule has 0 aliphatic carbocycles. The molecule has 0 amide bonds. The minimum absolute atomic E-state index is 0.170. The van der Waals surface area contributed by atoms with Gasteiger partial charge in [0.1, 0.15) is 0 Å². The zero-order valence-corrected chi connectivity index (χ0v) is 6.84. The van der Waals surface area contributed by atoms with Crippen molar-refractivity contribution < 1.29 is 5.11 Å². The van der Waals surface area contributed by atoms with E-state index in [0.29, 0.717) is 17.3 Å². The molecule has 60 valence electrons. The van der Waals surface area contributed by atoms with Gasteiger partial charge in [-0.1, -0.05) is 0 Å². The van der Waals surface area contributed by atoms with E-state index in [1.165, 1.54) is 0 Å². The second-order valence-corrected chi connectivity index (χ2v) is 2.32. The molecule has 2 N–H and O–H groups in total. The molecule has 0 radical (unpaired) electrons. The van der Waals surface area contributed by atoms with Crippen molar-refractivity contribution in [2.45, 2.75) is 13.8 Å². The Bertz CT molecular complexity index is 249. The van der Waals surface area contributed by atoms with Crippen molar-refractivity contribution in [2.24, 2.45) is 0 Å². The molecule has 4 nitrogen and oxygen atoms in total. The van der Waals surface area contributed by atoms with Crippen molar-refractivity contribution in [1.29, 1.82) is 0 Å². The highest BCUT2D eigenvalue weighted by molar-refractivity contribution is 5.36. The van der Waals surface area contributed by atoms with Crippen molar-refractivity contribution in [3.8, 4) is 5.75 Å². The van der Waals surface area contributed by atoms with Gasteiger partial charge in [-0.15, -0.1) is 0 Å². The first-order valence-corrected chi connectivity index (χ1v) is 3.37. The van der Waals surface area contributed by atoms with Crippen LogP contribution in [0, 0.1) is 13.8 Å². The fourth-order valence-corrected chi connectivity index (χ4v) is 0.822. The summed E-state index contributed by atoms with van der Waals surface area (Å²) in [6, 6.07) is 0. The number of nitrogens with one attached hydrogen (secondary N) is 1. The van der Waals surface area contributed by atoms with Crippen LogP contribution < -0.4 is 5.32 Å². The van der Waals surface area contributed by atoms with Crippen molar-refractivity contribution in [1.82, 2.24) is 9.97 Å². The lowest BCUT2D eigenvalue weighted by Gasteiger charge is -2.03. The summed E-state index contributed by atoms with van der Waals surface area (Å²) in [5.74, 6) is 0.710. The van der Waals surface area contributed by atoms with E-state index in [2.05, 4.69) is 15.3 Å². The van der Waals surface area contributed by atoms with Gasteiger partial charge in [0.2, 0.25) is 5.95 Å². The summed E-state index contributed by atoms with van der Waals surface area (Å²) in [6.07, 6.45) is 0. The Kier molecular flexibility index (Phi) is 1.94. The van der Waals surface area contributed by atoms with E-state index < -0.39 is 0 Å². The summed E-state index contributed by atoms with van der Waals surface area (Å²) in [7, 11) is 1.74. The summed E-state index contributed by atoms with van der Waals surface area (Å²) in [5, 5.41) is 12.1. The number of hydrogen-bond donors (Lipinski definition) is 2. The van der Waals surface area contributed by atoms with Gasteiger partial charge in [0, 0.05) is 7.05 Å². The van der Waals surface area contributed by atoms with E-state index in [-0.39, 0.29) is 5.75 Å². The average molecular weight is 153 g/mol. The number of anilines is 1. The van der Waals surface area contributed by atoms with Gasteiger partial charge < -0.3 is 10.4 Å². The maximum Gasteiger partial charge on any atom is 0.223 e. The van der Waals surface area contributed by atoms with Gasteiger partial charge in [0.25, 0.3) is 0 Å². The fourth-order valence-electron chi connectivity index (χ4n) is 0.822. The van der Waals surface area contributed by atoms with Crippen LogP contribution >= 0.6 is 0 Å². The molecule has 0 bridgehead atoms. The quantitative estimate of drug-likeness (QED) is 0.627. The molecule has 11 heavy (non-hydrogen) atoms. The van der Waals surface area contributed by atoms with Crippen LogP contribution in [0.3, 0.4) is 0 Å². The van der Waals surface area contributed by atoms with Crippen LogP contribution in [0.4, 0.5) is 5.95 Å². The molecule has 0 saturated heterocycles. The standard InChI is InChI=1S/C7H11N3O/c1-4-6(11)5(2)10-7(8-3)9-4/h11H,1-3H3,(H,8,9,10). The second kappa shape index (κ2) is 2.74. The Morgan fingerprint density at radius 2 is 1.64 bits per heavy atom. The summed E-state index contributed by atoms with van der Waals surface area (Å²) in [4.78, 5) is 7.96. The van der Waals surface area contributed by atoms with Gasteiger partial charge in [-0.05, 0) is 13.8 Å². The van der Waals surface area contributed by atoms with Gasteiger partial charge in [-0.2, -0.15) is 0 Å². The molecule has 0 fully saturated rings. The van der Waals surface area contributed by atoms with E-state index in [9.17, 15) is 5.11 Å². The van der Waals surface area contributed by atoms with Crippen LogP contribution in [0.15, 0.2) is 0 Å². The molecule has 0 unspecified atom stereocenters. The minimum Gasteiger partial charge on any atom is -0.504 e. The molecule has 1 rings (SSSR count). The predicted octanol–water partition coefficient (Wildman–Crippen LogP) is 0.841. The van der Waals surface area contributed by atoms with E-state index >= 15 is 0 Å². The normalized spacial score (nSPS) is 9.73. The maximum atomic E-state index is 9.27. The summed E-state index contributed by atoms with van der Waals surface area (Å²) in [5.41, 5.74) is 1.20. The van der Waals surface area contributed by atoms with Crippen molar-refractivity contribution in [3.05, 3.63) is 11.4 Å². The van der Waals surface area contributed by atoms with Crippen molar-refractivity contribution >= 4 is 5.95 Å². The lowest BCUT2D eigenvalue weighted by atomic mass is 10.3. The molecule has 0 spiro atoms. The molecule has 1 aromatic rings. The molecule has 1 aromatic heterocycles. The Labute approximate surface area is 65.3 Å². The number of aryl methyl sites for hydroxylation is 2. The molecular weight excluding hydrogens is 142 g/mol. The fraction of sp³-hybridized carbons (Fsp3) is 0.429. The van der Waals surface area contributed by atoms with E-state index in [0.717, 1.165) is 0 Å². The van der Waals surface area contributed by atoms with Crippen LogP contribution in [-0.2, 0) is 0 Å². The minimum atomic E-state index is 0.170. The Hall–Kier alpha value is -1.32. The number of aromatic hydroxyl groups is 1. The third-order valence-corrected chi connectivity index (χ3v) is 1.46. The van der Waals surface area contributed by atoms with Crippen LogP contribution in [0.25, 0.3) is 0 Å². The largest absolute Gasteiger partial charge is 0.504 e. The van der Waals surface area contributed by atoms with Gasteiger partial charge in [0.05, 0.1) is 11.4 Å². The summed E-state index contributed by atoms with van der Waals surface area (Å²) in [6.45, 7) is 3.48. The highest BCUT2D eigenvalue weighted by Gasteiger charge is 2.04. The number of hydrogen-bond acceptors (Lipinski definition) is 4. The molecule has 0 aromatic carbocycles. The van der Waals surface area contributed by atoms with E-state index in [4.69, 9.17) is 0 Å². The molecular formula is C7H11N3O. The molecule has 0 atom stereocenters. The molecule has 0 aliphatic rings. The van der Waals surface area contributed by atoms with Crippen LogP contribution in [0.5, 0.6) is 5.75 Å². The monoisotopic (exact) mass is 153 g/mol. The number of nitrogens with zero attached hydrogens (tertiary/aromatic N) is 2. The summed E-state index contributed by atoms with van der Waals surface area (Å²) < 4.78 is 0. The van der Waals surface area contributed by atoms with Crippen molar-refractivity contribution in [2.75, 3.05) is 12.4 Å². The SMILES string of the molecule is CNc1nc(C)c(O)c(C)n1. The Morgan fingerprint density at radius 3 is 2.00 bits per heavy atom. The van der Waals surface area contributed by atoms with Crippen LogP contribution in [0.2, 0.25) is 0 Å². The first-order chi connectivity index (χ1) is 5.15. The predicted molar refractivity (Wildman–Crippen MR) is 42.7 cm³/mol. The summed E-state index contributed by atoms with van der Waals surface area (Å²) >= 11 is 0. The highest BCUT2D eigenvalue weighted by Crippen LogP contribution is 2.18. The zero-order valence-electron chi connectivity index (χ0n) is 6.84. The second-order valence-electron chi connectivity index (χ2n) is 2.32. The Balaban J connectivity index is 3.21. The molecule has 1 heterocycles. The van der Waals surface area contributed by atoms with E-state index in [1.54, 1.807) is 20.9 Å². The van der Waals surface area contributed by atoms with Crippen LogP contribution in [0.1, 0.15) is 11.4 Å². The van der Waals surface area contributed by atoms with E-state index in [1.807, 2.05) is 0 Å². The third kappa shape index (κ3) is 1.39. The van der Waals surface area contributed by atoms with Gasteiger partial charge in [-0.25, -0.2) is 9.97 Å². The lowest BCUT2D eigenvalue weighted by molar-refractivity contribution is 0.459. The highest BCUT2D eigenvalue weighted by atomic mass is 16.3. The zero-order chi connectivity index (χ0) is 8.43. The number of rotatable bonds is 1. The smallest absolute Gasteiger partial charge is 0.223 e. The van der Waals surface area contributed by atoms with Gasteiger partial charge in [-0.3, -0.25) is 0 Å². The average Bonchev–Trinajstić information content (AvgIpc) is 1.99. The number of aromatic nitrogens is 2. The van der Waals surface area contributed by atoms with Crippen LogP contribution in [-0.4, -0.2) is 22.1 Å². The van der Waals surface area contributed by atoms with Crippen molar-refractivity contribution in [3.63, 3.8) is 0 Å². The molecule has 4 heteroatoms. The molecule has 0 aliphatic heterocycles. The first-order valence-electron chi connectivity index (χ1n) is 3.37. The Morgan fingerprint density at radius 1 is 1.18 bits per heavy atom.